The molecule has 1 saturated carbocycles. The summed E-state index contributed by atoms with van der Waals surface area (Å²) in [6.45, 7) is 8.08. The van der Waals surface area contributed by atoms with Gasteiger partial charge in [0.05, 0.1) is 69.8 Å². The Balaban J connectivity index is 0.964. The lowest BCUT2D eigenvalue weighted by molar-refractivity contribution is -0.137. The van der Waals surface area contributed by atoms with E-state index in [1.807, 2.05) is 11.8 Å². The molecule has 476 valence electrons. The molecule has 3 saturated heterocycles. The maximum Gasteiger partial charge on any atom is 0.245 e. The van der Waals surface area contributed by atoms with Gasteiger partial charge in [0.2, 0.25) is 35.4 Å². The van der Waals surface area contributed by atoms with E-state index < -0.39 is 110 Å². The van der Waals surface area contributed by atoms with Gasteiger partial charge in [-0.2, -0.15) is 0 Å². The first kappa shape index (κ1) is 66.5. The van der Waals surface area contributed by atoms with Crippen LogP contribution in [0.5, 0.6) is 5.75 Å². The van der Waals surface area contributed by atoms with Crippen LogP contribution in [0.2, 0.25) is 0 Å². The fourth-order valence-electron chi connectivity index (χ4n) is 12.1. The largest absolute Gasteiger partial charge is 0.497 e. The SMILES string of the molecule is COc1ccc(C[C@H](NC(=O)[C@@H](C)NC(=O)[C@]2(C)CC[C@@H](O)CC2)C(=O)N[C@@H](CCC2=CC3(C=C(C[C@H](NC(=O)[C@H](Cc4ccc(S(C)(=O)=O)cc4)NC(=O)[C@H](CO)NC(=O)CN4CCOCC4)C(=O)[C@@]4(C)CO4)CCC3)CC2)C(=O)[C@@]2(C)CO2)cc1. The van der Waals surface area contributed by atoms with Gasteiger partial charge in [0, 0.05) is 43.0 Å². The van der Waals surface area contributed by atoms with Gasteiger partial charge in [-0.05, 0) is 133 Å². The Hall–Kier alpha value is -6.41. The molecule has 1 unspecified atom stereocenters. The van der Waals surface area contributed by atoms with Crippen LogP contribution in [0, 0.1) is 10.8 Å². The summed E-state index contributed by atoms with van der Waals surface area (Å²) in [7, 11) is -2.03. The van der Waals surface area contributed by atoms with Crippen LogP contribution >= 0.6 is 0 Å². The quantitative estimate of drug-likeness (QED) is 0.0425. The molecule has 2 aromatic rings. The highest BCUT2D eigenvalue weighted by Crippen LogP contribution is 2.48. The minimum Gasteiger partial charge on any atom is -0.497 e. The molecule has 6 aliphatic rings. The number of benzene rings is 2. The van der Waals surface area contributed by atoms with E-state index in [-0.39, 0.29) is 67.8 Å². The second-order valence-electron chi connectivity index (χ2n) is 25.3. The second kappa shape index (κ2) is 28.4. The third-order valence-electron chi connectivity index (χ3n) is 18.0. The lowest BCUT2D eigenvalue weighted by atomic mass is 9.74. The summed E-state index contributed by atoms with van der Waals surface area (Å²) in [6.07, 6.45) is 11.1. The third-order valence-corrected chi connectivity index (χ3v) is 19.2. The number of ether oxygens (including phenoxy) is 4. The van der Waals surface area contributed by atoms with Crippen LogP contribution in [0.1, 0.15) is 116 Å². The number of amides is 6. The number of nitrogens with one attached hydrogen (secondary N) is 6. The van der Waals surface area contributed by atoms with Crippen LogP contribution in [0.25, 0.3) is 0 Å². The van der Waals surface area contributed by atoms with Crippen molar-refractivity contribution in [2.75, 3.05) is 66.0 Å². The fourth-order valence-corrected chi connectivity index (χ4v) is 12.7. The minimum absolute atomic E-state index is 0.0459. The van der Waals surface area contributed by atoms with Gasteiger partial charge in [0.25, 0.3) is 0 Å². The normalized spacial score (nSPS) is 26.5. The Kier molecular flexibility index (Phi) is 21.7. The number of nitrogens with zero attached hydrogens (tertiary/aromatic N) is 1. The Morgan fingerprint density at radius 3 is 1.76 bits per heavy atom. The molecule has 8 rings (SSSR count). The van der Waals surface area contributed by atoms with E-state index in [4.69, 9.17) is 18.9 Å². The molecule has 0 radical (unpaired) electrons. The molecule has 23 nitrogen and oxygen atoms in total. The van der Waals surface area contributed by atoms with Gasteiger partial charge in [-0.15, -0.1) is 0 Å². The van der Waals surface area contributed by atoms with E-state index in [9.17, 15) is 57.0 Å². The number of hydrogen-bond acceptors (Lipinski definition) is 17. The molecule has 0 aromatic heterocycles. The summed E-state index contributed by atoms with van der Waals surface area (Å²) in [4.78, 5) is 114. The standard InChI is InChI=1S/C63H87N7O16S/c1-39(64-59(80)60(2)23-20-44(72)21-24-60)55(76)68-49(30-40-9-14-45(83-5)15-10-40)56(77)66-47(53(74)61(3)37-85-61)18-13-42-19-25-63(33-42)22-7-8-43(34-63)32-48(54(75)62(4)38-86-62)67-57(78)50(31-41-11-16-46(17-12-41)87(6,81)82)69-58(79)51(36-71)65-52(73)35-70-26-28-84-29-27-70/h9-12,14-17,33-34,39,44,47-51,71-72H,7-8,13,18-32,35-38H2,1-6H3,(H,64,80)(H,65,73)(H,66,77)(H,67,78)(H,68,76)(H,69,79)/t39-,44-,47+,48+,49+,50+,51+,60-,61-,62-,63?/m1/s1. The molecular weight excluding hydrogens is 1140 g/mol. The highest BCUT2D eigenvalue weighted by Gasteiger charge is 2.52. The molecule has 9 atom stereocenters. The Morgan fingerprint density at radius 2 is 1.20 bits per heavy atom. The maximum atomic E-state index is 14.6. The first-order chi connectivity index (χ1) is 41.2. The van der Waals surface area contributed by atoms with Gasteiger partial charge >= 0.3 is 0 Å². The molecule has 87 heavy (non-hydrogen) atoms. The summed E-state index contributed by atoms with van der Waals surface area (Å²) in [5.41, 5.74) is -0.278. The van der Waals surface area contributed by atoms with E-state index in [2.05, 4.69) is 44.1 Å². The van der Waals surface area contributed by atoms with Crippen molar-refractivity contribution in [3.63, 3.8) is 0 Å². The molecule has 4 fully saturated rings. The van der Waals surface area contributed by atoms with Gasteiger partial charge in [-0.1, -0.05) is 54.5 Å². The highest BCUT2D eigenvalue weighted by molar-refractivity contribution is 7.90. The first-order valence-corrected chi connectivity index (χ1v) is 32.2. The van der Waals surface area contributed by atoms with Gasteiger partial charge in [-0.25, -0.2) is 8.42 Å². The molecule has 2 aromatic carbocycles. The molecule has 1 spiro atoms. The summed E-state index contributed by atoms with van der Waals surface area (Å²) in [5.74, 6) is -3.68. The number of ketones is 2. The summed E-state index contributed by atoms with van der Waals surface area (Å²) >= 11 is 0. The van der Waals surface area contributed by atoms with Crippen LogP contribution in [-0.4, -0.2) is 190 Å². The lowest BCUT2D eigenvalue weighted by Crippen LogP contribution is -2.58. The number of carbonyl (C=O) groups excluding carboxylic acids is 8. The number of hydrogen-bond donors (Lipinski definition) is 8. The zero-order chi connectivity index (χ0) is 62.9. The average Bonchev–Trinajstić information content (AvgIpc) is 1.99. The summed E-state index contributed by atoms with van der Waals surface area (Å²) < 4.78 is 46.5. The van der Waals surface area contributed by atoms with Crippen molar-refractivity contribution in [3.8, 4) is 5.75 Å². The van der Waals surface area contributed by atoms with Crippen molar-refractivity contribution in [2.24, 2.45) is 10.8 Å². The first-order valence-electron chi connectivity index (χ1n) is 30.3. The topological polar surface area (TPSA) is 330 Å². The summed E-state index contributed by atoms with van der Waals surface area (Å²) in [6, 6.07) is 5.80. The molecule has 24 heteroatoms. The molecule has 3 aliphatic carbocycles. The van der Waals surface area contributed by atoms with Gasteiger partial charge in [-0.3, -0.25) is 43.3 Å². The van der Waals surface area contributed by atoms with Crippen molar-refractivity contribution >= 4 is 56.8 Å². The number of aliphatic hydroxyl groups is 2. The predicted molar refractivity (Wildman–Crippen MR) is 318 cm³/mol. The Bertz CT molecular complexity index is 3040. The average molecular weight is 1230 g/mol. The predicted octanol–water partition coefficient (Wildman–Crippen LogP) is 1.78. The van der Waals surface area contributed by atoms with Crippen LogP contribution in [0.15, 0.2) is 76.7 Å². The van der Waals surface area contributed by atoms with E-state index in [1.54, 1.807) is 45.0 Å². The van der Waals surface area contributed by atoms with Crippen molar-refractivity contribution < 1.29 is 75.9 Å². The molecule has 6 amide bonds. The third kappa shape index (κ3) is 17.9. The molecule has 8 N–H and O–H groups in total. The number of epoxide rings is 2. The minimum atomic E-state index is -3.56. The molecule has 3 aliphatic heterocycles. The number of sulfone groups is 1. The van der Waals surface area contributed by atoms with Crippen molar-refractivity contribution in [1.29, 1.82) is 0 Å². The maximum absolute atomic E-state index is 14.6. The lowest BCUT2D eigenvalue weighted by Gasteiger charge is -2.35. The number of allylic oxidation sites excluding steroid dienone is 3. The van der Waals surface area contributed by atoms with Crippen LogP contribution in [-0.2, 0) is 75.2 Å². The number of morpholine rings is 1. The van der Waals surface area contributed by atoms with Gasteiger partial charge in [0.1, 0.15) is 41.1 Å². The van der Waals surface area contributed by atoms with E-state index in [0.29, 0.717) is 88.1 Å². The smallest absolute Gasteiger partial charge is 0.245 e. The second-order valence-corrected chi connectivity index (χ2v) is 27.3. The molecular formula is C63H87N7O16S. The zero-order valence-corrected chi connectivity index (χ0v) is 51.7. The number of Topliss-reactive ketones (excluding diaryl/α,β-unsaturated/α-hetero) is 2. The van der Waals surface area contributed by atoms with Crippen LogP contribution in [0.3, 0.4) is 0 Å². The molecule has 3 heterocycles. The van der Waals surface area contributed by atoms with E-state index in [0.717, 1.165) is 36.7 Å². The summed E-state index contributed by atoms with van der Waals surface area (Å²) in [5, 5.41) is 37.2. The van der Waals surface area contributed by atoms with Crippen LogP contribution in [0.4, 0.5) is 0 Å². The fraction of sp³-hybridized carbons (Fsp3) is 0.619. The van der Waals surface area contributed by atoms with E-state index in [1.165, 1.54) is 31.4 Å². The zero-order valence-electron chi connectivity index (χ0n) is 50.8. The Labute approximate surface area is 509 Å². The highest BCUT2D eigenvalue weighted by atomic mass is 32.2. The molecule has 0 bridgehead atoms. The van der Waals surface area contributed by atoms with Crippen molar-refractivity contribution in [1.82, 2.24) is 36.8 Å². The van der Waals surface area contributed by atoms with Crippen molar-refractivity contribution in [2.45, 2.75) is 176 Å². The Morgan fingerprint density at radius 1 is 0.667 bits per heavy atom. The number of carbonyl (C=O) groups is 8. The van der Waals surface area contributed by atoms with Gasteiger partial charge in [0.15, 0.2) is 21.4 Å². The monoisotopic (exact) mass is 1230 g/mol. The number of aliphatic hydroxyl groups excluding tert-OH is 2. The number of rotatable bonds is 29. The number of methoxy groups -OCH3 is 1. The van der Waals surface area contributed by atoms with Gasteiger partial charge < -0.3 is 61.1 Å². The van der Waals surface area contributed by atoms with Crippen LogP contribution < -0.4 is 36.6 Å². The van der Waals surface area contributed by atoms with Crippen molar-refractivity contribution in [3.05, 3.63) is 83.0 Å². The van der Waals surface area contributed by atoms with E-state index >= 15 is 0 Å².